The third kappa shape index (κ3) is 5.46. The van der Waals surface area contributed by atoms with Crippen LogP contribution >= 0.6 is 8.18 Å². The van der Waals surface area contributed by atoms with Crippen molar-refractivity contribution in [3.05, 3.63) is 107 Å². The van der Waals surface area contributed by atoms with Crippen LogP contribution < -0.4 is 0 Å². The summed E-state index contributed by atoms with van der Waals surface area (Å²) in [5.41, 5.74) is 4.81. The standard InChI is InChI=1S/C33H43NO2P/c1-30(2,3)27-20-24(21-28(22-27)31(4,5)6)23-34-29(32(7,8)9)33(36-37(34)35,25-16-12-10-13-17-25)26-18-14-11-15-19-26/h10-22,29H,23H2,1-9H3/q+1/t29-/m1/s1. The van der Waals surface area contributed by atoms with E-state index in [9.17, 15) is 4.57 Å². The van der Waals surface area contributed by atoms with Crippen molar-refractivity contribution in [3.8, 4) is 0 Å². The Morgan fingerprint density at radius 3 is 1.54 bits per heavy atom. The monoisotopic (exact) mass is 516 g/mol. The molecule has 0 spiro atoms. The van der Waals surface area contributed by atoms with Gasteiger partial charge in [-0.25, -0.2) is 0 Å². The fourth-order valence-electron chi connectivity index (χ4n) is 5.53. The van der Waals surface area contributed by atoms with Crippen molar-refractivity contribution in [3.63, 3.8) is 0 Å². The summed E-state index contributed by atoms with van der Waals surface area (Å²) in [6.45, 7) is 20.8. The van der Waals surface area contributed by atoms with Crippen molar-refractivity contribution in [2.45, 2.75) is 91.3 Å². The van der Waals surface area contributed by atoms with Gasteiger partial charge in [0.15, 0.2) is 5.60 Å². The van der Waals surface area contributed by atoms with Crippen LogP contribution in [0.1, 0.15) is 90.1 Å². The molecule has 1 heterocycles. The molecule has 0 aliphatic carbocycles. The fourth-order valence-corrected chi connectivity index (χ4v) is 7.17. The van der Waals surface area contributed by atoms with E-state index in [1.165, 1.54) is 16.7 Å². The summed E-state index contributed by atoms with van der Waals surface area (Å²) in [6.07, 6.45) is 0. The van der Waals surface area contributed by atoms with Crippen LogP contribution in [-0.4, -0.2) is 10.7 Å². The molecule has 0 aromatic heterocycles. The van der Waals surface area contributed by atoms with Gasteiger partial charge in [0.1, 0.15) is 6.04 Å². The average molecular weight is 517 g/mol. The summed E-state index contributed by atoms with van der Waals surface area (Å²) in [7, 11) is -2.08. The van der Waals surface area contributed by atoms with Crippen LogP contribution in [0.5, 0.6) is 0 Å². The zero-order valence-electron chi connectivity index (χ0n) is 24.0. The highest BCUT2D eigenvalue weighted by Gasteiger charge is 2.67. The molecular weight excluding hydrogens is 473 g/mol. The minimum Gasteiger partial charge on any atom is -0.111 e. The van der Waals surface area contributed by atoms with Gasteiger partial charge in [-0.2, -0.15) is 0 Å². The SMILES string of the molecule is CC(C)(C)c1cc(CN2[C@H](C(C)(C)C)C(c3ccccc3)(c3ccccc3)O[P+]2=O)cc(C(C)(C)C)c1. The minimum atomic E-state index is -2.08. The average Bonchev–Trinajstić information content (AvgIpc) is 3.12. The summed E-state index contributed by atoms with van der Waals surface area (Å²) >= 11 is 0. The van der Waals surface area contributed by atoms with Gasteiger partial charge in [-0.15, -0.1) is 4.52 Å². The first-order valence-electron chi connectivity index (χ1n) is 13.3. The lowest BCUT2D eigenvalue weighted by atomic mass is 9.69. The van der Waals surface area contributed by atoms with Crippen LogP contribution in [0.15, 0.2) is 78.9 Å². The van der Waals surface area contributed by atoms with Crippen LogP contribution in [0.2, 0.25) is 0 Å². The molecule has 1 aliphatic rings. The van der Waals surface area contributed by atoms with Crippen LogP contribution in [0.25, 0.3) is 0 Å². The third-order valence-corrected chi connectivity index (χ3v) is 8.65. The maximum Gasteiger partial charge on any atom is 0.617 e. The molecule has 0 radical (unpaired) electrons. The van der Waals surface area contributed by atoms with Gasteiger partial charge in [-0.05, 0) is 48.6 Å². The topological polar surface area (TPSA) is 29.5 Å². The number of hydrogen-bond donors (Lipinski definition) is 0. The quantitative estimate of drug-likeness (QED) is 0.324. The molecule has 0 amide bonds. The van der Waals surface area contributed by atoms with Crippen molar-refractivity contribution >= 4 is 8.18 Å². The van der Waals surface area contributed by atoms with Crippen LogP contribution in [0, 0.1) is 5.41 Å². The van der Waals surface area contributed by atoms with Gasteiger partial charge in [0, 0.05) is 0 Å². The van der Waals surface area contributed by atoms with E-state index in [1.54, 1.807) is 0 Å². The summed E-state index contributed by atoms with van der Waals surface area (Å²) in [6, 6.07) is 27.4. The van der Waals surface area contributed by atoms with Gasteiger partial charge in [-0.3, -0.25) is 0 Å². The summed E-state index contributed by atoms with van der Waals surface area (Å²) in [5.74, 6) is 0. The Kier molecular flexibility index (Phi) is 7.32. The molecule has 3 aromatic rings. The molecule has 1 unspecified atom stereocenters. The Labute approximate surface area is 225 Å². The van der Waals surface area contributed by atoms with Crippen molar-refractivity contribution in [2.75, 3.05) is 0 Å². The maximum atomic E-state index is 14.0. The highest BCUT2D eigenvalue weighted by atomic mass is 31.1. The highest BCUT2D eigenvalue weighted by Crippen LogP contribution is 2.60. The molecule has 1 saturated heterocycles. The van der Waals surface area contributed by atoms with E-state index in [2.05, 4.69) is 109 Å². The molecule has 4 heteroatoms. The number of hydrogen-bond acceptors (Lipinski definition) is 2. The lowest BCUT2D eigenvalue weighted by Gasteiger charge is -2.39. The van der Waals surface area contributed by atoms with E-state index >= 15 is 0 Å². The van der Waals surface area contributed by atoms with Crippen LogP contribution in [0.4, 0.5) is 0 Å². The molecule has 196 valence electrons. The second kappa shape index (κ2) is 9.77. The molecule has 0 N–H and O–H groups in total. The van der Waals surface area contributed by atoms with E-state index in [0.29, 0.717) is 6.54 Å². The zero-order chi connectivity index (χ0) is 27.2. The first kappa shape index (κ1) is 27.7. The second-order valence-corrected chi connectivity index (χ2v) is 14.8. The van der Waals surface area contributed by atoms with Crippen LogP contribution in [-0.2, 0) is 32.1 Å². The van der Waals surface area contributed by atoms with Gasteiger partial charge in [0.2, 0.25) is 0 Å². The lowest BCUT2D eigenvalue weighted by Crippen LogP contribution is -2.51. The Bertz CT molecular complexity index is 1180. The number of nitrogens with zero attached hydrogens (tertiary/aromatic N) is 1. The molecule has 1 fully saturated rings. The van der Waals surface area contributed by atoms with Crippen molar-refractivity contribution in [1.82, 2.24) is 4.67 Å². The van der Waals surface area contributed by atoms with Crippen molar-refractivity contribution in [1.29, 1.82) is 0 Å². The molecule has 2 atom stereocenters. The van der Waals surface area contributed by atoms with Gasteiger partial charge < -0.3 is 0 Å². The molecular formula is C33H43NO2P+. The van der Waals surface area contributed by atoms with E-state index in [1.807, 2.05) is 36.4 Å². The minimum absolute atomic E-state index is 0.0149. The molecule has 0 saturated carbocycles. The molecule has 3 nitrogen and oxygen atoms in total. The zero-order valence-corrected chi connectivity index (χ0v) is 24.9. The predicted molar refractivity (Wildman–Crippen MR) is 155 cm³/mol. The molecule has 37 heavy (non-hydrogen) atoms. The number of rotatable bonds is 4. The largest absolute Gasteiger partial charge is 0.617 e. The smallest absolute Gasteiger partial charge is 0.111 e. The Balaban J connectivity index is 1.90. The van der Waals surface area contributed by atoms with E-state index in [-0.39, 0.29) is 22.3 Å². The summed E-state index contributed by atoms with van der Waals surface area (Å²) in [5, 5.41) is 0. The van der Waals surface area contributed by atoms with Gasteiger partial charge in [-0.1, -0.05) is 146 Å². The molecule has 1 aliphatic heterocycles. The second-order valence-electron chi connectivity index (χ2n) is 13.6. The summed E-state index contributed by atoms with van der Waals surface area (Å²) in [4.78, 5) is 0. The van der Waals surface area contributed by atoms with Gasteiger partial charge >= 0.3 is 8.18 Å². The molecule has 4 rings (SSSR count). The van der Waals surface area contributed by atoms with E-state index < -0.39 is 13.8 Å². The third-order valence-electron chi connectivity index (χ3n) is 7.41. The normalized spacial score (nSPS) is 19.8. The Hall–Kier alpha value is -2.32. The fraction of sp³-hybridized carbons (Fsp3) is 0.455. The van der Waals surface area contributed by atoms with Crippen molar-refractivity contribution in [2.24, 2.45) is 5.41 Å². The van der Waals surface area contributed by atoms with E-state index in [4.69, 9.17) is 4.52 Å². The summed E-state index contributed by atoms with van der Waals surface area (Å²) < 4.78 is 22.8. The Morgan fingerprint density at radius 2 is 1.16 bits per heavy atom. The maximum absolute atomic E-state index is 14.0. The van der Waals surface area contributed by atoms with Crippen LogP contribution in [0.3, 0.4) is 0 Å². The van der Waals surface area contributed by atoms with Gasteiger partial charge in [0.25, 0.3) is 0 Å². The highest BCUT2D eigenvalue weighted by molar-refractivity contribution is 7.36. The first-order valence-corrected chi connectivity index (χ1v) is 14.5. The number of benzene rings is 3. The lowest BCUT2D eigenvalue weighted by molar-refractivity contribution is 0.0372. The first-order chi connectivity index (χ1) is 17.1. The molecule has 0 bridgehead atoms. The van der Waals surface area contributed by atoms with Crippen molar-refractivity contribution < 1.29 is 9.09 Å². The Morgan fingerprint density at radius 1 is 0.730 bits per heavy atom. The predicted octanol–water partition coefficient (Wildman–Crippen LogP) is 9.13. The van der Waals surface area contributed by atoms with Gasteiger partial charge in [0.05, 0.1) is 6.54 Å². The molecule has 3 aromatic carbocycles. The van der Waals surface area contributed by atoms with E-state index in [0.717, 1.165) is 11.1 Å².